The first-order valence-corrected chi connectivity index (χ1v) is 9.79. The third-order valence-corrected chi connectivity index (χ3v) is 5.47. The molecule has 0 aliphatic carbocycles. The van der Waals surface area contributed by atoms with E-state index < -0.39 is 5.63 Å². The van der Waals surface area contributed by atoms with Crippen LogP contribution in [0.4, 0.5) is 0 Å². The normalized spacial score (nSPS) is 15.2. The number of benzene rings is 2. The number of quaternary nitrogens is 1. The summed E-state index contributed by atoms with van der Waals surface area (Å²) in [5.74, 6) is -0.246. The fourth-order valence-electron chi connectivity index (χ4n) is 3.50. The van der Waals surface area contributed by atoms with Gasteiger partial charge in [-0.1, -0.05) is 46.3 Å². The summed E-state index contributed by atoms with van der Waals surface area (Å²) in [6.45, 7) is 3.96. The molecule has 0 unspecified atom stereocenters. The standard InChI is InChI=1S/C21H19BrN2O3/c22-17-6-7-19-16(12-17)13-18(21(26)27-19)20(25)24-10-8-23(9-11-24)14-15-4-2-1-3-5-15/h1-7,12-13H,8-11,14H2/p+1. The molecule has 0 atom stereocenters. The maximum Gasteiger partial charge on any atom is 0.349 e. The van der Waals surface area contributed by atoms with Gasteiger partial charge in [0.15, 0.2) is 0 Å². The molecule has 1 N–H and O–H groups in total. The third kappa shape index (κ3) is 3.96. The number of carbonyl (C=O) groups excluding carboxylic acids is 1. The van der Waals surface area contributed by atoms with Crippen LogP contribution in [0.5, 0.6) is 0 Å². The number of nitrogens with one attached hydrogen (secondary N) is 1. The average molecular weight is 428 g/mol. The van der Waals surface area contributed by atoms with E-state index in [4.69, 9.17) is 4.42 Å². The van der Waals surface area contributed by atoms with Crippen LogP contribution in [0.1, 0.15) is 15.9 Å². The van der Waals surface area contributed by atoms with E-state index in [0.717, 1.165) is 29.5 Å². The smallest absolute Gasteiger partial charge is 0.349 e. The van der Waals surface area contributed by atoms with Crippen LogP contribution in [0.3, 0.4) is 0 Å². The number of halogens is 1. The molecule has 0 radical (unpaired) electrons. The first-order valence-electron chi connectivity index (χ1n) is 9.00. The van der Waals surface area contributed by atoms with Gasteiger partial charge in [-0.3, -0.25) is 4.79 Å². The third-order valence-electron chi connectivity index (χ3n) is 4.98. The molecular weight excluding hydrogens is 408 g/mol. The van der Waals surface area contributed by atoms with Gasteiger partial charge in [-0.25, -0.2) is 4.79 Å². The lowest BCUT2D eigenvalue weighted by atomic mass is 10.1. The molecule has 5 nitrogen and oxygen atoms in total. The Labute approximate surface area is 165 Å². The summed E-state index contributed by atoms with van der Waals surface area (Å²) in [6.07, 6.45) is 0. The Morgan fingerprint density at radius 3 is 2.56 bits per heavy atom. The van der Waals surface area contributed by atoms with Crippen molar-refractivity contribution < 1.29 is 14.1 Å². The molecule has 1 saturated heterocycles. The summed E-state index contributed by atoms with van der Waals surface area (Å²) >= 11 is 3.40. The Bertz CT molecular complexity index is 1020. The molecule has 1 fully saturated rings. The van der Waals surface area contributed by atoms with Gasteiger partial charge < -0.3 is 14.2 Å². The molecular formula is C21H20BrN2O3+. The second kappa shape index (κ2) is 7.66. The summed E-state index contributed by atoms with van der Waals surface area (Å²) in [5, 5.41) is 0.737. The maximum absolute atomic E-state index is 12.9. The second-order valence-corrected chi connectivity index (χ2v) is 7.75. The summed E-state index contributed by atoms with van der Waals surface area (Å²) in [6, 6.07) is 17.4. The molecule has 0 spiro atoms. The largest absolute Gasteiger partial charge is 0.422 e. The maximum atomic E-state index is 12.9. The minimum atomic E-state index is -0.575. The zero-order valence-corrected chi connectivity index (χ0v) is 16.4. The number of carbonyl (C=O) groups is 1. The first kappa shape index (κ1) is 17.9. The van der Waals surface area contributed by atoms with Gasteiger partial charge in [-0.05, 0) is 24.3 Å². The Morgan fingerprint density at radius 2 is 1.81 bits per heavy atom. The zero-order valence-electron chi connectivity index (χ0n) is 14.8. The number of fused-ring (bicyclic) bond motifs is 1. The zero-order chi connectivity index (χ0) is 18.8. The molecule has 1 aliphatic heterocycles. The molecule has 0 bridgehead atoms. The summed E-state index contributed by atoms with van der Waals surface area (Å²) in [4.78, 5) is 28.3. The molecule has 2 heterocycles. The van der Waals surface area contributed by atoms with Crippen LogP contribution in [0.15, 0.2) is 68.3 Å². The predicted octanol–water partition coefficient (Wildman–Crippen LogP) is 2.10. The van der Waals surface area contributed by atoms with Crippen molar-refractivity contribution >= 4 is 32.8 Å². The van der Waals surface area contributed by atoms with Gasteiger partial charge >= 0.3 is 5.63 Å². The van der Waals surface area contributed by atoms with Gasteiger partial charge in [0.05, 0.1) is 26.2 Å². The molecule has 138 valence electrons. The van der Waals surface area contributed by atoms with E-state index in [-0.39, 0.29) is 11.5 Å². The van der Waals surface area contributed by atoms with E-state index in [1.54, 1.807) is 17.0 Å². The fraction of sp³-hybridized carbons (Fsp3) is 0.238. The Morgan fingerprint density at radius 1 is 1.07 bits per heavy atom. The van der Waals surface area contributed by atoms with Crippen molar-refractivity contribution in [3.63, 3.8) is 0 Å². The van der Waals surface area contributed by atoms with E-state index in [1.165, 1.54) is 10.5 Å². The number of rotatable bonds is 3. The van der Waals surface area contributed by atoms with Crippen LogP contribution in [0.2, 0.25) is 0 Å². The number of piperazine rings is 1. The van der Waals surface area contributed by atoms with Crippen molar-refractivity contribution in [1.29, 1.82) is 0 Å². The monoisotopic (exact) mass is 427 g/mol. The molecule has 1 amide bonds. The predicted molar refractivity (Wildman–Crippen MR) is 107 cm³/mol. The lowest BCUT2D eigenvalue weighted by Crippen LogP contribution is -3.13. The topological polar surface area (TPSA) is 55.0 Å². The van der Waals surface area contributed by atoms with Crippen molar-refractivity contribution in [2.75, 3.05) is 26.2 Å². The second-order valence-electron chi connectivity index (χ2n) is 6.83. The van der Waals surface area contributed by atoms with E-state index >= 15 is 0 Å². The van der Waals surface area contributed by atoms with Crippen molar-refractivity contribution in [2.45, 2.75) is 6.54 Å². The number of hydrogen-bond acceptors (Lipinski definition) is 3. The van der Waals surface area contributed by atoms with Gasteiger partial charge in [-0.2, -0.15) is 0 Å². The Kier molecular flexibility index (Phi) is 5.09. The highest BCUT2D eigenvalue weighted by Crippen LogP contribution is 2.19. The van der Waals surface area contributed by atoms with Crippen molar-refractivity contribution in [3.05, 3.63) is 80.6 Å². The van der Waals surface area contributed by atoms with Crippen LogP contribution in [-0.4, -0.2) is 37.0 Å². The van der Waals surface area contributed by atoms with Crippen molar-refractivity contribution in [3.8, 4) is 0 Å². The minimum absolute atomic E-state index is 0.104. The van der Waals surface area contributed by atoms with Crippen molar-refractivity contribution in [2.24, 2.45) is 0 Å². The molecule has 2 aromatic carbocycles. The molecule has 1 aliphatic rings. The van der Waals surface area contributed by atoms with Crippen LogP contribution >= 0.6 is 15.9 Å². The van der Waals surface area contributed by atoms with Crippen LogP contribution in [0.25, 0.3) is 11.0 Å². The molecule has 6 heteroatoms. The van der Waals surface area contributed by atoms with E-state index in [0.29, 0.717) is 18.7 Å². The number of amides is 1. The van der Waals surface area contributed by atoms with Gasteiger partial charge in [-0.15, -0.1) is 0 Å². The quantitative estimate of drug-likeness (QED) is 0.651. The van der Waals surface area contributed by atoms with Gasteiger partial charge in [0.2, 0.25) is 0 Å². The molecule has 4 rings (SSSR count). The Hall–Kier alpha value is -2.44. The van der Waals surface area contributed by atoms with Crippen LogP contribution in [-0.2, 0) is 6.54 Å². The van der Waals surface area contributed by atoms with Crippen LogP contribution < -0.4 is 10.5 Å². The lowest BCUT2D eigenvalue weighted by Gasteiger charge is -2.32. The molecule has 27 heavy (non-hydrogen) atoms. The number of nitrogens with zero attached hydrogens (tertiary/aromatic N) is 1. The molecule has 1 aromatic heterocycles. The van der Waals surface area contributed by atoms with E-state index in [1.807, 2.05) is 30.3 Å². The summed E-state index contributed by atoms with van der Waals surface area (Å²) in [7, 11) is 0. The summed E-state index contributed by atoms with van der Waals surface area (Å²) < 4.78 is 6.21. The fourth-order valence-corrected chi connectivity index (χ4v) is 3.88. The lowest BCUT2D eigenvalue weighted by molar-refractivity contribution is -0.917. The highest BCUT2D eigenvalue weighted by atomic mass is 79.9. The van der Waals surface area contributed by atoms with Gasteiger partial charge in [0, 0.05) is 15.4 Å². The van der Waals surface area contributed by atoms with Crippen molar-refractivity contribution in [1.82, 2.24) is 4.90 Å². The number of hydrogen-bond donors (Lipinski definition) is 1. The van der Waals surface area contributed by atoms with E-state index in [2.05, 4.69) is 28.1 Å². The van der Waals surface area contributed by atoms with Crippen LogP contribution in [0, 0.1) is 0 Å². The molecule has 0 saturated carbocycles. The summed E-state index contributed by atoms with van der Waals surface area (Å²) in [5.41, 5.74) is 1.31. The molecule has 3 aromatic rings. The minimum Gasteiger partial charge on any atom is -0.422 e. The highest BCUT2D eigenvalue weighted by molar-refractivity contribution is 9.10. The SMILES string of the molecule is O=C(c1cc2cc(Br)ccc2oc1=O)N1CC[NH+](Cc2ccccc2)CC1. The van der Waals surface area contributed by atoms with Gasteiger partial charge in [0.25, 0.3) is 5.91 Å². The Balaban J connectivity index is 1.47. The first-order chi connectivity index (χ1) is 13.1. The van der Waals surface area contributed by atoms with E-state index in [9.17, 15) is 9.59 Å². The average Bonchev–Trinajstić information content (AvgIpc) is 2.69. The van der Waals surface area contributed by atoms with Gasteiger partial charge in [0.1, 0.15) is 17.7 Å². The highest BCUT2D eigenvalue weighted by Gasteiger charge is 2.26.